The third-order valence-electron chi connectivity index (χ3n) is 4.21. The summed E-state index contributed by atoms with van der Waals surface area (Å²) in [5, 5.41) is 10.1. The zero-order valence-corrected chi connectivity index (χ0v) is 13.2. The fourth-order valence-corrected chi connectivity index (χ4v) is 2.97. The lowest BCUT2D eigenvalue weighted by Gasteiger charge is -2.23. The van der Waals surface area contributed by atoms with Gasteiger partial charge < -0.3 is 9.84 Å². The highest BCUT2D eigenvalue weighted by Crippen LogP contribution is 2.27. The second-order valence-corrected chi connectivity index (χ2v) is 6.12. The van der Waals surface area contributed by atoms with Gasteiger partial charge in [0.1, 0.15) is 0 Å². The Balaban J connectivity index is 2.56. The first kappa shape index (κ1) is 17.5. The van der Waals surface area contributed by atoms with Crippen LogP contribution in [-0.4, -0.2) is 18.0 Å². The van der Waals surface area contributed by atoms with Gasteiger partial charge in [-0.25, -0.2) is 0 Å². The number of aliphatic hydroxyl groups excluding tert-OH is 1. The first-order valence-electron chi connectivity index (χ1n) is 8.26. The summed E-state index contributed by atoms with van der Waals surface area (Å²) >= 11 is 0. The maximum Gasteiger partial charge on any atom is 0.157 e. The van der Waals surface area contributed by atoms with Crippen molar-refractivity contribution in [3.63, 3.8) is 0 Å². The highest BCUT2D eigenvalue weighted by Gasteiger charge is 2.20. The van der Waals surface area contributed by atoms with Gasteiger partial charge in [-0.2, -0.15) is 0 Å². The number of allylic oxidation sites excluding steroid dienone is 2. The molecule has 1 N–H and O–H groups in total. The first-order chi connectivity index (χ1) is 9.63. The lowest BCUT2D eigenvalue weighted by atomic mass is 9.91. The summed E-state index contributed by atoms with van der Waals surface area (Å²) in [5.74, 6) is 0.191. The number of hydrogen-bond acceptors (Lipinski definition) is 2. The number of aliphatic hydroxyl groups is 1. The smallest absolute Gasteiger partial charge is 0.157 e. The van der Waals surface area contributed by atoms with Gasteiger partial charge in [0.25, 0.3) is 0 Å². The van der Waals surface area contributed by atoms with Gasteiger partial charge in [0.05, 0.1) is 0 Å². The maximum absolute atomic E-state index is 10.1. The molecular weight excluding hydrogens is 248 g/mol. The summed E-state index contributed by atoms with van der Waals surface area (Å²) < 4.78 is 5.40. The third kappa shape index (κ3) is 7.25. The quantitative estimate of drug-likeness (QED) is 0.583. The van der Waals surface area contributed by atoms with Crippen LogP contribution < -0.4 is 0 Å². The largest absolute Gasteiger partial charge is 0.368 e. The molecule has 0 aromatic heterocycles. The van der Waals surface area contributed by atoms with Gasteiger partial charge >= 0.3 is 0 Å². The molecule has 0 spiro atoms. The van der Waals surface area contributed by atoms with E-state index in [0.717, 1.165) is 32.1 Å². The number of hydrogen-bond donors (Lipinski definition) is 1. The van der Waals surface area contributed by atoms with Crippen LogP contribution in [0.1, 0.15) is 71.1 Å². The minimum absolute atomic E-state index is 0.191. The van der Waals surface area contributed by atoms with Crippen LogP contribution in [0, 0.1) is 5.92 Å². The van der Waals surface area contributed by atoms with Gasteiger partial charge in [0.15, 0.2) is 6.29 Å². The van der Waals surface area contributed by atoms with E-state index in [1.165, 1.54) is 43.3 Å². The van der Waals surface area contributed by atoms with E-state index in [1.807, 2.05) is 6.92 Å². The molecule has 1 aliphatic carbocycles. The molecule has 20 heavy (non-hydrogen) atoms. The van der Waals surface area contributed by atoms with Gasteiger partial charge in [0.2, 0.25) is 0 Å². The van der Waals surface area contributed by atoms with Crippen molar-refractivity contribution < 1.29 is 9.84 Å². The van der Waals surface area contributed by atoms with E-state index >= 15 is 0 Å². The van der Waals surface area contributed by atoms with Crippen molar-refractivity contribution in [1.29, 1.82) is 0 Å². The standard InChI is InChI=1S/C18H32O2/c1-4-20-18(19)17-13-9-12-15(2)10-7-5-6-8-11-16(3)14-17/h17-19H,2-14H2,1H3. The molecule has 2 nitrogen and oxygen atoms in total. The predicted molar refractivity (Wildman–Crippen MR) is 85.6 cm³/mol. The van der Waals surface area contributed by atoms with Crippen LogP contribution in [0.25, 0.3) is 0 Å². The molecular formula is C18H32O2. The van der Waals surface area contributed by atoms with E-state index in [4.69, 9.17) is 4.74 Å². The van der Waals surface area contributed by atoms with Gasteiger partial charge in [0, 0.05) is 12.5 Å². The average molecular weight is 280 g/mol. The van der Waals surface area contributed by atoms with E-state index in [9.17, 15) is 5.11 Å². The molecule has 0 aromatic rings. The second kappa shape index (κ2) is 10.2. The van der Waals surface area contributed by atoms with Crippen molar-refractivity contribution in [2.24, 2.45) is 5.92 Å². The van der Waals surface area contributed by atoms with Crippen LogP contribution in [0.4, 0.5) is 0 Å². The Bertz CT molecular complexity index is 296. The van der Waals surface area contributed by atoms with Crippen LogP contribution in [0.5, 0.6) is 0 Å². The van der Waals surface area contributed by atoms with Crippen molar-refractivity contribution in [3.05, 3.63) is 24.3 Å². The van der Waals surface area contributed by atoms with Gasteiger partial charge in [-0.3, -0.25) is 0 Å². The van der Waals surface area contributed by atoms with Crippen molar-refractivity contribution >= 4 is 0 Å². The number of ether oxygens (including phenoxy) is 1. The summed E-state index contributed by atoms with van der Waals surface area (Å²) in [4.78, 5) is 0. The minimum Gasteiger partial charge on any atom is -0.368 e. The molecule has 2 unspecified atom stereocenters. The second-order valence-electron chi connectivity index (χ2n) is 6.12. The Kier molecular flexibility index (Phi) is 8.88. The van der Waals surface area contributed by atoms with Crippen LogP contribution in [-0.2, 0) is 4.74 Å². The van der Waals surface area contributed by atoms with E-state index in [0.29, 0.717) is 6.61 Å². The Morgan fingerprint density at radius 2 is 1.65 bits per heavy atom. The van der Waals surface area contributed by atoms with Crippen LogP contribution >= 0.6 is 0 Å². The van der Waals surface area contributed by atoms with E-state index in [2.05, 4.69) is 13.2 Å². The lowest BCUT2D eigenvalue weighted by Crippen LogP contribution is -2.24. The Hall–Kier alpha value is -0.600. The van der Waals surface area contributed by atoms with Crippen molar-refractivity contribution in [3.8, 4) is 0 Å². The van der Waals surface area contributed by atoms with E-state index < -0.39 is 6.29 Å². The molecule has 0 bridgehead atoms. The summed E-state index contributed by atoms with van der Waals surface area (Å²) in [6.45, 7) is 10.9. The Morgan fingerprint density at radius 3 is 2.30 bits per heavy atom. The van der Waals surface area contributed by atoms with Crippen LogP contribution in [0.15, 0.2) is 24.3 Å². The van der Waals surface area contributed by atoms with Crippen LogP contribution in [0.3, 0.4) is 0 Å². The van der Waals surface area contributed by atoms with Crippen molar-refractivity contribution in [2.45, 2.75) is 77.4 Å². The fourth-order valence-electron chi connectivity index (χ4n) is 2.97. The monoisotopic (exact) mass is 280 g/mol. The molecule has 2 atom stereocenters. The molecule has 0 saturated heterocycles. The molecule has 1 saturated carbocycles. The predicted octanol–water partition coefficient (Wildman–Crippen LogP) is 4.98. The zero-order valence-electron chi connectivity index (χ0n) is 13.2. The minimum atomic E-state index is -0.643. The molecule has 0 aromatic carbocycles. The first-order valence-corrected chi connectivity index (χ1v) is 8.26. The van der Waals surface area contributed by atoms with E-state index in [-0.39, 0.29) is 5.92 Å². The Labute approximate surface area is 124 Å². The molecule has 1 fully saturated rings. The molecule has 1 aliphatic rings. The summed E-state index contributed by atoms with van der Waals surface area (Å²) in [7, 11) is 0. The molecule has 116 valence electrons. The SMILES string of the molecule is C=C1CCCCCCC(=C)CC(C(O)OCC)CCC1. The van der Waals surface area contributed by atoms with Gasteiger partial charge in [-0.05, 0) is 58.3 Å². The lowest BCUT2D eigenvalue weighted by molar-refractivity contribution is -0.132. The summed E-state index contributed by atoms with van der Waals surface area (Å²) in [6.07, 6.45) is 10.8. The molecule has 0 radical (unpaired) electrons. The average Bonchev–Trinajstić information content (AvgIpc) is 2.42. The molecule has 0 amide bonds. The number of rotatable bonds is 3. The fraction of sp³-hybridized carbons (Fsp3) is 0.778. The molecule has 2 heteroatoms. The highest BCUT2D eigenvalue weighted by molar-refractivity contribution is 4.98. The van der Waals surface area contributed by atoms with E-state index in [1.54, 1.807) is 0 Å². The molecule has 1 rings (SSSR count). The summed E-state index contributed by atoms with van der Waals surface area (Å²) in [6, 6.07) is 0. The van der Waals surface area contributed by atoms with Crippen molar-refractivity contribution in [2.75, 3.05) is 6.61 Å². The topological polar surface area (TPSA) is 29.5 Å². The normalized spacial score (nSPS) is 25.4. The third-order valence-corrected chi connectivity index (χ3v) is 4.21. The van der Waals surface area contributed by atoms with Gasteiger partial charge in [-0.1, -0.05) is 37.1 Å². The maximum atomic E-state index is 10.1. The summed E-state index contributed by atoms with van der Waals surface area (Å²) in [5.41, 5.74) is 2.64. The molecule has 0 heterocycles. The van der Waals surface area contributed by atoms with Gasteiger partial charge in [-0.15, -0.1) is 0 Å². The molecule has 0 aliphatic heterocycles. The van der Waals surface area contributed by atoms with Crippen LogP contribution in [0.2, 0.25) is 0 Å². The highest BCUT2D eigenvalue weighted by atomic mass is 16.6. The Morgan fingerprint density at radius 1 is 1.05 bits per heavy atom. The van der Waals surface area contributed by atoms with Crippen molar-refractivity contribution in [1.82, 2.24) is 0 Å². The zero-order chi connectivity index (χ0) is 14.8.